The van der Waals surface area contributed by atoms with Crippen molar-refractivity contribution in [3.8, 4) is 0 Å². The molecular weight excluding hydrogens is 246 g/mol. The van der Waals surface area contributed by atoms with Gasteiger partial charge in [0.2, 0.25) is 0 Å². The molecular formula is C14H19NO4. The molecule has 0 bridgehead atoms. The Morgan fingerprint density at radius 1 is 1.26 bits per heavy atom. The molecule has 0 aliphatic rings. The summed E-state index contributed by atoms with van der Waals surface area (Å²) in [7, 11) is 0. The minimum Gasteiger partial charge on any atom is -0.478 e. The smallest absolute Gasteiger partial charge is 0.336 e. The molecule has 0 spiro atoms. The molecule has 0 saturated heterocycles. The molecule has 5 nitrogen and oxygen atoms in total. The number of nitrogens with one attached hydrogen (secondary N) is 1. The number of aliphatic hydroxyl groups excluding tert-OH is 1. The fraction of sp³-hybridized carbons (Fsp3) is 0.429. The van der Waals surface area contributed by atoms with Crippen LogP contribution in [0.4, 0.5) is 0 Å². The second-order valence-electron chi connectivity index (χ2n) is 4.69. The third kappa shape index (κ3) is 3.79. The highest BCUT2D eigenvalue weighted by atomic mass is 16.4. The number of hydrogen-bond acceptors (Lipinski definition) is 3. The number of carbonyl (C=O) groups is 2. The summed E-state index contributed by atoms with van der Waals surface area (Å²) >= 11 is 0. The predicted molar refractivity (Wildman–Crippen MR) is 71.3 cm³/mol. The zero-order valence-corrected chi connectivity index (χ0v) is 11.1. The molecule has 3 N–H and O–H groups in total. The normalized spacial score (nSPS) is 13.6. The van der Waals surface area contributed by atoms with E-state index in [2.05, 4.69) is 5.32 Å². The van der Waals surface area contributed by atoms with Crippen molar-refractivity contribution in [1.82, 2.24) is 5.32 Å². The van der Waals surface area contributed by atoms with E-state index in [1.54, 1.807) is 12.1 Å². The summed E-state index contributed by atoms with van der Waals surface area (Å²) in [4.78, 5) is 23.2. The second kappa shape index (κ2) is 6.33. The molecule has 5 heteroatoms. The maximum Gasteiger partial charge on any atom is 0.336 e. The Morgan fingerprint density at radius 3 is 2.32 bits per heavy atom. The molecule has 1 amide bonds. The Hall–Kier alpha value is -1.88. The van der Waals surface area contributed by atoms with Crippen molar-refractivity contribution in [3.05, 3.63) is 35.4 Å². The molecule has 0 radical (unpaired) electrons. The maximum absolute atomic E-state index is 12.2. The first-order chi connectivity index (χ1) is 8.93. The summed E-state index contributed by atoms with van der Waals surface area (Å²) in [5.41, 5.74) is -0.438. The molecule has 0 aliphatic carbocycles. The van der Waals surface area contributed by atoms with Crippen LogP contribution in [0.2, 0.25) is 0 Å². The first kappa shape index (κ1) is 15.2. The summed E-state index contributed by atoms with van der Waals surface area (Å²) in [5, 5.41) is 20.9. The lowest BCUT2D eigenvalue weighted by Gasteiger charge is -2.29. The van der Waals surface area contributed by atoms with Gasteiger partial charge in [-0.15, -0.1) is 0 Å². The third-order valence-electron chi connectivity index (χ3n) is 3.26. The number of benzene rings is 1. The lowest BCUT2D eigenvalue weighted by atomic mass is 9.94. The third-order valence-corrected chi connectivity index (χ3v) is 3.26. The molecule has 0 heterocycles. The summed E-state index contributed by atoms with van der Waals surface area (Å²) in [6.45, 7) is 3.69. The summed E-state index contributed by atoms with van der Waals surface area (Å²) in [6.07, 6.45) is 1.07. The van der Waals surface area contributed by atoms with E-state index in [1.807, 2.05) is 13.8 Å². The Balaban J connectivity index is 2.98. The van der Waals surface area contributed by atoms with E-state index in [9.17, 15) is 9.59 Å². The van der Waals surface area contributed by atoms with E-state index >= 15 is 0 Å². The number of carbonyl (C=O) groups excluding carboxylic acids is 1. The van der Waals surface area contributed by atoms with Gasteiger partial charge in [0.1, 0.15) is 0 Å². The zero-order chi connectivity index (χ0) is 14.5. The fourth-order valence-electron chi connectivity index (χ4n) is 1.78. The van der Waals surface area contributed by atoms with Gasteiger partial charge in [-0.1, -0.05) is 19.1 Å². The van der Waals surface area contributed by atoms with Gasteiger partial charge in [0.15, 0.2) is 0 Å². The number of rotatable bonds is 6. The largest absolute Gasteiger partial charge is 0.478 e. The minimum absolute atomic E-state index is 0.0255. The zero-order valence-electron chi connectivity index (χ0n) is 11.1. The van der Waals surface area contributed by atoms with Crippen molar-refractivity contribution >= 4 is 11.9 Å². The van der Waals surface area contributed by atoms with Gasteiger partial charge in [0, 0.05) is 12.1 Å². The SMILES string of the molecule is CCC(C)(CCO)NC(=O)c1ccccc1C(=O)O. The second-order valence-corrected chi connectivity index (χ2v) is 4.69. The molecule has 0 aliphatic heterocycles. The van der Waals surface area contributed by atoms with Crippen molar-refractivity contribution < 1.29 is 19.8 Å². The first-order valence-corrected chi connectivity index (χ1v) is 6.19. The first-order valence-electron chi connectivity index (χ1n) is 6.19. The van der Waals surface area contributed by atoms with Gasteiger partial charge in [-0.2, -0.15) is 0 Å². The van der Waals surface area contributed by atoms with Crippen LogP contribution in [0.5, 0.6) is 0 Å². The number of aromatic carboxylic acids is 1. The monoisotopic (exact) mass is 265 g/mol. The van der Waals surface area contributed by atoms with Crippen LogP contribution in [0.15, 0.2) is 24.3 Å². The average Bonchev–Trinajstić information content (AvgIpc) is 2.38. The van der Waals surface area contributed by atoms with E-state index in [0.717, 1.165) is 0 Å². The van der Waals surface area contributed by atoms with Gasteiger partial charge < -0.3 is 15.5 Å². The average molecular weight is 265 g/mol. The van der Waals surface area contributed by atoms with Crippen LogP contribution in [0.25, 0.3) is 0 Å². The maximum atomic E-state index is 12.2. The van der Waals surface area contributed by atoms with Crippen LogP contribution < -0.4 is 5.32 Å². The van der Waals surface area contributed by atoms with E-state index in [1.165, 1.54) is 12.1 Å². The number of carboxylic acid groups (broad SMARTS) is 1. The van der Waals surface area contributed by atoms with E-state index in [0.29, 0.717) is 12.8 Å². The molecule has 0 aromatic heterocycles. The van der Waals surface area contributed by atoms with Crippen molar-refractivity contribution in [3.63, 3.8) is 0 Å². The molecule has 1 aromatic carbocycles. The molecule has 1 aromatic rings. The molecule has 0 fully saturated rings. The van der Waals surface area contributed by atoms with Gasteiger partial charge in [-0.25, -0.2) is 4.79 Å². The Kier molecular flexibility index (Phi) is 5.06. The van der Waals surface area contributed by atoms with Crippen LogP contribution in [0.3, 0.4) is 0 Å². The number of hydrogen-bond donors (Lipinski definition) is 3. The molecule has 1 atom stereocenters. The minimum atomic E-state index is -1.13. The van der Waals surface area contributed by atoms with Gasteiger partial charge in [-0.05, 0) is 31.9 Å². The Labute approximate surface area is 112 Å². The molecule has 0 saturated carbocycles. The number of amides is 1. The van der Waals surface area contributed by atoms with Gasteiger partial charge in [0.25, 0.3) is 5.91 Å². The molecule has 19 heavy (non-hydrogen) atoms. The quantitative estimate of drug-likeness (QED) is 0.730. The molecule has 1 rings (SSSR count). The van der Waals surface area contributed by atoms with Crippen molar-refractivity contribution in [1.29, 1.82) is 0 Å². The summed E-state index contributed by atoms with van der Waals surface area (Å²) < 4.78 is 0. The van der Waals surface area contributed by atoms with Crippen molar-refractivity contribution in [2.75, 3.05) is 6.61 Å². The highest BCUT2D eigenvalue weighted by Crippen LogP contribution is 2.16. The number of aliphatic hydroxyl groups is 1. The van der Waals surface area contributed by atoms with Crippen molar-refractivity contribution in [2.24, 2.45) is 0 Å². The molecule has 104 valence electrons. The lowest BCUT2D eigenvalue weighted by Crippen LogP contribution is -2.46. The van der Waals surface area contributed by atoms with Gasteiger partial charge in [-0.3, -0.25) is 4.79 Å². The fourth-order valence-corrected chi connectivity index (χ4v) is 1.78. The standard InChI is InChI=1S/C14H19NO4/c1-3-14(2,8-9-16)15-12(17)10-6-4-5-7-11(10)13(18)19/h4-7,16H,3,8-9H2,1-2H3,(H,15,17)(H,18,19). The lowest BCUT2D eigenvalue weighted by molar-refractivity contribution is 0.0688. The van der Waals surface area contributed by atoms with Crippen molar-refractivity contribution in [2.45, 2.75) is 32.2 Å². The van der Waals surface area contributed by atoms with E-state index < -0.39 is 17.4 Å². The van der Waals surface area contributed by atoms with Crippen LogP contribution in [0.1, 0.15) is 47.4 Å². The van der Waals surface area contributed by atoms with E-state index in [-0.39, 0.29) is 17.7 Å². The summed E-state index contributed by atoms with van der Waals surface area (Å²) in [5.74, 6) is -1.57. The van der Waals surface area contributed by atoms with Crippen LogP contribution >= 0.6 is 0 Å². The predicted octanol–water partition coefficient (Wildman–Crippen LogP) is 1.67. The summed E-state index contributed by atoms with van der Waals surface area (Å²) in [6, 6.07) is 6.07. The highest BCUT2D eigenvalue weighted by Gasteiger charge is 2.26. The Morgan fingerprint density at radius 2 is 1.84 bits per heavy atom. The van der Waals surface area contributed by atoms with Gasteiger partial charge in [0.05, 0.1) is 11.1 Å². The topological polar surface area (TPSA) is 86.6 Å². The van der Waals surface area contributed by atoms with Crippen LogP contribution in [-0.4, -0.2) is 34.2 Å². The Bertz CT molecular complexity index is 472. The highest BCUT2D eigenvalue weighted by molar-refractivity contribution is 6.04. The molecule has 1 unspecified atom stereocenters. The number of carboxylic acids is 1. The van der Waals surface area contributed by atoms with Gasteiger partial charge >= 0.3 is 5.97 Å². The van der Waals surface area contributed by atoms with E-state index in [4.69, 9.17) is 10.2 Å². The van der Waals surface area contributed by atoms with Crippen LogP contribution in [-0.2, 0) is 0 Å². The van der Waals surface area contributed by atoms with Crippen LogP contribution in [0, 0.1) is 0 Å².